The van der Waals surface area contributed by atoms with Gasteiger partial charge in [0, 0.05) is 5.92 Å². The Morgan fingerprint density at radius 1 is 1.30 bits per heavy atom. The Kier molecular flexibility index (Phi) is 8.04. The van der Waals surface area contributed by atoms with E-state index in [-0.39, 0.29) is 18.0 Å². The SMILES string of the molecule is C=C(C)[C@@H](Cc1cccc(CCCC)c1)[C@H](C)OC(=O)[C@H](C)N. The minimum absolute atomic E-state index is 0.0964. The van der Waals surface area contributed by atoms with Crippen molar-refractivity contribution in [3.05, 3.63) is 47.5 Å². The van der Waals surface area contributed by atoms with E-state index in [0.29, 0.717) is 0 Å². The number of hydrogen-bond acceptors (Lipinski definition) is 3. The van der Waals surface area contributed by atoms with Crippen LogP contribution in [-0.4, -0.2) is 18.1 Å². The normalized spacial score (nSPS) is 14.8. The number of hydrogen-bond donors (Lipinski definition) is 1. The predicted molar refractivity (Wildman–Crippen MR) is 96.3 cm³/mol. The molecule has 0 heterocycles. The van der Waals surface area contributed by atoms with Gasteiger partial charge in [-0.05, 0) is 51.2 Å². The second-order valence-corrected chi connectivity index (χ2v) is 6.51. The summed E-state index contributed by atoms with van der Waals surface area (Å²) in [5.74, 6) is -0.264. The van der Waals surface area contributed by atoms with Crippen molar-refractivity contribution in [2.75, 3.05) is 0 Å². The van der Waals surface area contributed by atoms with E-state index < -0.39 is 6.04 Å². The van der Waals surface area contributed by atoms with Crippen LogP contribution in [0.15, 0.2) is 36.4 Å². The number of unbranched alkanes of at least 4 members (excludes halogenated alkanes) is 1. The van der Waals surface area contributed by atoms with E-state index in [0.717, 1.165) is 18.4 Å². The molecule has 0 saturated heterocycles. The summed E-state index contributed by atoms with van der Waals surface area (Å²) in [7, 11) is 0. The van der Waals surface area contributed by atoms with Gasteiger partial charge >= 0.3 is 5.97 Å². The average Bonchev–Trinajstić information content (AvgIpc) is 2.50. The molecule has 0 aromatic heterocycles. The summed E-state index contributed by atoms with van der Waals surface area (Å²) in [5, 5.41) is 0. The van der Waals surface area contributed by atoms with Crippen LogP contribution in [0.3, 0.4) is 0 Å². The Bertz CT molecular complexity index is 522. The van der Waals surface area contributed by atoms with Gasteiger partial charge in [0.2, 0.25) is 0 Å². The number of rotatable bonds is 9. The van der Waals surface area contributed by atoms with E-state index in [1.807, 2.05) is 13.8 Å². The molecule has 0 fully saturated rings. The molecule has 0 amide bonds. The third kappa shape index (κ3) is 6.57. The van der Waals surface area contributed by atoms with Crippen molar-refractivity contribution in [3.8, 4) is 0 Å². The summed E-state index contributed by atoms with van der Waals surface area (Å²) in [5.41, 5.74) is 9.23. The predicted octanol–water partition coefficient (Wildman–Crippen LogP) is 4.04. The first-order valence-corrected chi connectivity index (χ1v) is 8.54. The number of ether oxygens (including phenoxy) is 1. The van der Waals surface area contributed by atoms with Crippen molar-refractivity contribution in [2.24, 2.45) is 11.7 Å². The van der Waals surface area contributed by atoms with Gasteiger partial charge in [-0.15, -0.1) is 0 Å². The van der Waals surface area contributed by atoms with Crippen molar-refractivity contribution < 1.29 is 9.53 Å². The molecule has 3 nitrogen and oxygen atoms in total. The van der Waals surface area contributed by atoms with Crippen LogP contribution in [0.1, 0.15) is 51.7 Å². The van der Waals surface area contributed by atoms with Gasteiger partial charge in [-0.25, -0.2) is 0 Å². The van der Waals surface area contributed by atoms with Gasteiger partial charge in [-0.2, -0.15) is 0 Å². The molecule has 23 heavy (non-hydrogen) atoms. The summed E-state index contributed by atoms with van der Waals surface area (Å²) in [6.45, 7) is 11.8. The second kappa shape index (κ2) is 9.51. The van der Waals surface area contributed by atoms with Crippen LogP contribution in [0.4, 0.5) is 0 Å². The fourth-order valence-electron chi connectivity index (χ4n) is 2.66. The third-order valence-electron chi connectivity index (χ3n) is 4.14. The minimum Gasteiger partial charge on any atom is -0.461 e. The third-order valence-corrected chi connectivity index (χ3v) is 4.14. The topological polar surface area (TPSA) is 52.3 Å². The van der Waals surface area contributed by atoms with Gasteiger partial charge in [0.25, 0.3) is 0 Å². The van der Waals surface area contributed by atoms with Crippen molar-refractivity contribution in [1.29, 1.82) is 0 Å². The van der Waals surface area contributed by atoms with E-state index in [4.69, 9.17) is 10.5 Å². The van der Waals surface area contributed by atoms with Gasteiger partial charge in [0.1, 0.15) is 12.1 Å². The molecule has 0 aliphatic carbocycles. The molecule has 0 aliphatic heterocycles. The number of carbonyl (C=O) groups is 1. The number of esters is 1. The first-order valence-electron chi connectivity index (χ1n) is 8.54. The van der Waals surface area contributed by atoms with Crippen LogP contribution in [0.5, 0.6) is 0 Å². The summed E-state index contributed by atoms with van der Waals surface area (Å²) < 4.78 is 5.48. The maximum atomic E-state index is 11.7. The van der Waals surface area contributed by atoms with Gasteiger partial charge in [-0.3, -0.25) is 4.79 Å². The second-order valence-electron chi connectivity index (χ2n) is 6.51. The summed E-state index contributed by atoms with van der Waals surface area (Å²) in [6.07, 6.45) is 4.10. The summed E-state index contributed by atoms with van der Waals surface area (Å²) in [4.78, 5) is 11.7. The number of nitrogens with two attached hydrogens (primary N) is 1. The lowest BCUT2D eigenvalue weighted by Gasteiger charge is -2.25. The molecule has 3 atom stereocenters. The van der Waals surface area contributed by atoms with Gasteiger partial charge < -0.3 is 10.5 Å². The monoisotopic (exact) mass is 317 g/mol. The minimum atomic E-state index is -0.597. The highest BCUT2D eigenvalue weighted by Crippen LogP contribution is 2.23. The van der Waals surface area contributed by atoms with E-state index in [1.165, 1.54) is 24.0 Å². The zero-order valence-electron chi connectivity index (χ0n) is 15.0. The van der Waals surface area contributed by atoms with E-state index in [9.17, 15) is 4.79 Å². The fourth-order valence-corrected chi connectivity index (χ4v) is 2.66. The van der Waals surface area contributed by atoms with Crippen LogP contribution in [0.25, 0.3) is 0 Å². The smallest absolute Gasteiger partial charge is 0.322 e. The molecule has 1 aromatic carbocycles. The lowest BCUT2D eigenvalue weighted by Crippen LogP contribution is -2.34. The highest BCUT2D eigenvalue weighted by molar-refractivity contribution is 5.75. The van der Waals surface area contributed by atoms with Crippen molar-refractivity contribution in [1.82, 2.24) is 0 Å². The Balaban J connectivity index is 2.79. The molecule has 0 unspecified atom stereocenters. The van der Waals surface area contributed by atoms with Gasteiger partial charge in [0.05, 0.1) is 0 Å². The molecule has 3 heteroatoms. The van der Waals surface area contributed by atoms with E-state index >= 15 is 0 Å². The van der Waals surface area contributed by atoms with Crippen molar-refractivity contribution in [2.45, 2.75) is 65.5 Å². The summed E-state index contributed by atoms with van der Waals surface area (Å²) in [6, 6.07) is 8.07. The Labute approximate surface area is 140 Å². The van der Waals surface area contributed by atoms with Crippen LogP contribution < -0.4 is 5.73 Å². The van der Waals surface area contributed by atoms with E-state index in [2.05, 4.69) is 37.8 Å². The van der Waals surface area contributed by atoms with Crippen LogP contribution >= 0.6 is 0 Å². The lowest BCUT2D eigenvalue weighted by atomic mass is 9.88. The molecule has 0 spiro atoms. The maximum absolute atomic E-state index is 11.7. The molecule has 0 aliphatic rings. The van der Waals surface area contributed by atoms with Crippen LogP contribution in [0.2, 0.25) is 0 Å². The molecule has 0 bridgehead atoms. The number of aryl methyl sites for hydroxylation is 1. The van der Waals surface area contributed by atoms with Crippen molar-refractivity contribution in [3.63, 3.8) is 0 Å². The van der Waals surface area contributed by atoms with E-state index in [1.54, 1.807) is 6.92 Å². The molecule has 128 valence electrons. The molecular formula is C20H31NO2. The number of carbonyl (C=O) groups excluding carboxylic acids is 1. The zero-order valence-corrected chi connectivity index (χ0v) is 15.0. The molecule has 2 N–H and O–H groups in total. The standard InChI is InChI=1S/C20H31NO2/c1-6-7-9-17-10-8-11-18(12-17)13-19(14(2)3)16(5)23-20(22)15(4)21/h8,10-12,15-16,19H,2,6-7,9,13,21H2,1,3-5H3/t15-,16-,19+/m0/s1. The molecule has 1 rings (SSSR count). The first kappa shape index (κ1) is 19.4. The molecule has 0 radical (unpaired) electrons. The fraction of sp³-hybridized carbons (Fsp3) is 0.550. The Morgan fingerprint density at radius 3 is 2.52 bits per heavy atom. The average molecular weight is 317 g/mol. The molecule has 1 aromatic rings. The lowest BCUT2D eigenvalue weighted by molar-refractivity contribution is -0.151. The highest BCUT2D eigenvalue weighted by atomic mass is 16.5. The largest absolute Gasteiger partial charge is 0.461 e. The van der Waals surface area contributed by atoms with Crippen LogP contribution in [0, 0.1) is 5.92 Å². The number of benzene rings is 1. The summed E-state index contributed by atoms with van der Waals surface area (Å²) >= 11 is 0. The van der Waals surface area contributed by atoms with Gasteiger partial charge in [-0.1, -0.05) is 49.8 Å². The maximum Gasteiger partial charge on any atom is 0.322 e. The Morgan fingerprint density at radius 2 is 1.96 bits per heavy atom. The molecular weight excluding hydrogens is 286 g/mol. The van der Waals surface area contributed by atoms with Crippen LogP contribution in [-0.2, 0) is 22.4 Å². The van der Waals surface area contributed by atoms with Crippen molar-refractivity contribution >= 4 is 5.97 Å². The van der Waals surface area contributed by atoms with Gasteiger partial charge in [0.15, 0.2) is 0 Å². The molecule has 0 saturated carbocycles. The first-order chi connectivity index (χ1) is 10.8. The quantitative estimate of drug-likeness (QED) is 0.552. The highest BCUT2D eigenvalue weighted by Gasteiger charge is 2.23. The Hall–Kier alpha value is -1.61. The zero-order chi connectivity index (χ0) is 17.4.